The maximum absolute atomic E-state index is 12.7. The molecule has 2 aromatic carbocycles. The Hall–Kier alpha value is -2.14. The van der Waals surface area contributed by atoms with Crippen molar-refractivity contribution in [3.05, 3.63) is 93.9 Å². The lowest BCUT2D eigenvalue weighted by atomic mass is 10.0. The second kappa shape index (κ2) is 10.4. The van der Waals surface area contributed by atoms with Crippen LogP contribution in [0.2, 0.25) is 10.0 Å². The van der Waals surface area contributed by atoms with Crippen molar-refractivity contribution < 1.29 is 9.21 Å². The number of hydrogen-bond acceptors (Lipinski definition) is 3. The predicted molar refractivity (Wildman–Crippen MR) is 119 cm³/mol. The molecule has 0 aliphatic carbocycles. The van der Waals surface area contributed by atoms with E-state index in [2.05, 4.69) is 5.32 Å². The van der Waals surface area contributed by atoms with Gasteiger partial charge in [0.05, 0.1) is 11.8 Å². The van der Waals surface area contributed by atoms with Gasteiger partial charge >= 0.3 is 0 Å². The number of amides is 1. The molecule has 3 nitrogen and oxygen atoms in total. The molecule has 0 atom stereocenters. The van der Waals surface area contributed by atoms with Crippen LogP contribution in [0.15, 0.2) is 71.3 Å². The van der Waals surface area contributed by atoms with Crippen molar-refractivity contribution in [1.29, 1.82) is 0 Å². The van der Waals surface area contributed by atoms with Crippen LogP contribution in [0.3, 0.4) is 0 Å². The molecule has 28 heavy (non-hydrogen) atoms. The Balaban J connectivity index is 1.57. The maximum Gasteiger partial charge on any atom is 0.252 e. The Morgan fingerprint density at radius 3 is 2.43 bits per heavy atom. The lowest BCUT2D eigenvalue weighted by molar-refractivity contribution is -0.115. The van der Waals surface area contributed by atoms with Crippen molar-refractivity contribution in [3.63, 3.8) is 0 Å². The first kappa shape index (κ1) is 20.6. The SMILES string of the molecule is O=C(NCCSCc1c(Cl)cccc1Cl)/C(=C/c1ccco1)c1ccccc1. The molecule has 0 fully saturated rings. The van der Waals surface area contributed by atoms with Crippen molar-refractivity contribution in [1.82, 2.24) is 5.32 Å². The van der Waals surface area contributed by atoms with Crippen LogP contribution >= 0.6 is 35.0 Å². The van der Waals surface area contributed by atoms with Gasteiger partial charge < -0.3 is 9.73 Å². The highest BCUT2D eigenvalue weighted by molar-refractivity contribution is 7.98. The lowest BCUT2D eigenvalue weighted by Crippen LogP contribution is -2.26. The van der Waals surface area contributed by atoms with Crippen molar-refractivity contribution in [3.8, 4) is 0 Å². The summed E-state index contributed by atoms with van der Waals surface area (Å²) in [5.41, 5.74) is 2.33. The molecule has 144 valence electrons. The Morgan fingerprint density at radius 1 is 1.00 bits per heavy atom. The minimum Gasteiger partial charge on any atom is -0.465 e. The van der Waals surface area contributed by atoms with Gasteiger partial charge in [0.25, 0.3) is 5.91 Å². The lowest BCUT2D eigenvalue weighted by Gasteiger charge is -2.10. The first-order chi connectivity index (χ1) is 13.6. The van der Waals surface area contributed by atoms with E-state index >= 15 is 0 Å². The zero-order valence-electron chi connectivity index (χ0n) is 15.0. The average molecular weight is 432 g/mol. The molecule has 3 aromatic rings. The number of hydrogen-bond donors (Lipinski definition) is 1. The van der Waals surface area contributed by atoms with Crippen LogP contribution in [0.1, 0.15) is 16.9 Å². The maximum atomic E-state index is 12.7. The highest BCUT2D eigenvalue weighted by atomic mass is 35.5. The van der Waals surface area contributed by atoms with Gasteiger partial charge in [-0.2, -0.15) is 11.8 Å². The Kier molecular flexibility index (Phi) is 7.66. The molecule has 1 aromatic heterocycles. The monoisotopic (exact) mass is 431 g/mol. The molecule has 0 bridgehead atoms. The van der Waals surface area contributed by atoms with Gasteiger partial charge in [0.2, 0.25) is 0 Å². The molecule has 0 spiro atoms. The van der Waals surface area contributed by atoms with Crippen molar-refractivity contribution >= 4 is 52.5 Å². The summed E-state index contributed by atoms with van der Waals surface area (Å²) < 4.78 is 5.36. The first-order valence-corrected chi connectivity index (χ1v) is 10.7. The van der Waals surface area contributed by atoms with E-state index in [4.69, 9.17) is 27.6 Å². The number of halogens is 2. The first-order valence-electron chi connectivity index (χ1n) is 8.74. The summed E-state index contributed by atoms with van der Waals surface area (Å²) in [4.78, 5) is 12.7. The number of carbonyl (C=O) groups excluding carboxylic acids is 1. The van der Waals surface area contributed by atoms with Gasteiger partial charge in [0.15, 0.2) is 0 Å². The third-order valence-corrected chi connectivity index (χ3v) is 5.69. The van der Waals surface area contributed by atoms with Crippen LogP contribution in [0.25, 0.3) is 11.6 Å². The highest BCUT2D eigenvalue weighted by Crippen LogP contribution is 2.28. The summed E-state index contributed by atoms with van der Waals surface area (Å²) >= 11 is 14.0. The fourth-order valence-electron chi connectivity index (χ4n) is 2.59. The van der Waals surface area contributed by atoms with Gasteiger partial charge in [-0.3, -0.25) is 4.79 Å². The number of thioether (sulfide) groups is 1. The zero-order chi connectivity index (χ0) is 19.8. The van der Waals surface area contributed by atoms with E-state index < -0.39 is 0 Å². The minimum atomic E-state index is -0.140. The Morgan fingerprint density at radius 2 is 1.75 bits per heavy atom. The molecular weight excluding hydrogens is 413 g/mol. The zero-order valence-corrected chi connectivity index (χ0v) is 17.4. The highest BCUT2D eigenvalue weighted by Gasteiger charge is 2.12. The Bertz CT molecular complexity index is 920. The number of nitrogens with one attached hydrogen (secondary N) is 1. The van der Waals surface area contributed by atoms with E-state index in [-0.39, 0.29) is 5.91 Å². The normalized spacial score (nSPS) is 11.4. The van der Waals surface area contributed by atoms with Gasteiger partial charge in [0, 0.05) is 28.1 Å². The third kappa shape index (κ3) is 5.68. The molecule has 0 radical (unpaired) electrons. The molecule has 6 heteroatoms. The van der Waals surface area contributed by atoms with Crippen molar-refractivity contribution in [2.45, 2.75) is 5.75 Å². The molecule has 1 amide bonds. The molecule has 0 saturated heterocycles. The molecule has 0 aliphatic rings. The van der Waals surface area contributed by atoms with Crippen LogP contribution in [-0.4, -0.2) is 18.2 Å². The third-order valence-electron chi connectivity index (χ3n) is 4.00. The van der Waals surface area contributed by atoms with E-state index in [9.17, 15) is 4.79 Å². The minimum absolute atomic E-state index is 0.140. The molecule has 0 unspecified atom stereocenters. The van der Waals surface area contributed by atoms with E-state index in [0.29, 0.717) is 33.7 Å². The van der Waals surface area contributed by atoms with Crippen LogP contribution < -0.4 is 5.32 Å². The summed E-state index contributed by atoms with van der Waals surface area (Å²) in [6.45, 7) is 0.536. The largest absolute Gasteiger partial charge is 0.465 e. The van der Waals surface area contributed by atoms with Crippen molar-refractivity contribution in [2.75, 3.05) is 12.3 Å². The van der Waals surface area contributed by atoms with E-state index in [1.54, 1.807) is 30.2 Å². The van der Waals surface area contributed by atoms with Crippen LogP contribution in [-0.2, 0) is 10.5 Å². The van der Waals surface area contributed by atoms with E-state index in [1.165, 1.54) is 0 Å². The number of furan rings is 1. The topological polar surface area (TPSA) is 42.2 Å². The fourth-order valence-corrected chi connectivity index (χ4v) is 4.19. The summed E-state index contributed by atoms with van der Waals surface area (Å²) in [7, 11) is 0. The predicted octanol–water partition coefficient (Wildman–Crippen LogP) is 6.18. The number of rotatable bonds is 8. The summed E-state index contributed by atoms with van der Waals surface area (Å²) in [5.74, 6) is 1.94. The van der Waals surface area contributed by atoms with Crippen LogP contribution in [0.5, 0.6) is 0 Å². The number of carbonyl (C=O) groups is 1. The average Bonchev–Trinajstić information content (AvgIpc) is 3.21. The van der Waals surface area contributed by atoms with Crippen molar-refractivity contribution in [2.24, 2.45) is 0 Å². The van der Waals surface area contributed by atoms with E-state index in [0.717, 1.165) is 16.9 Å². The Labute approximate surface area is 178 Å². The van der Waals surface area contributed by atoms with Gasteiger partial charge in [0.1, 0.15) is 5.76 Å². The summed E-state index contributed by atoms with van der Waals surface area (Å²) in [6.07, 6.45) is 3.34. The summed E-state index contributed by atoms with van der Waals surface area (Å²) in [6, 6.07) is 18.6. The molecule has 0 saturated carbocycles. The molecule has 3 rings (SSSR count). The molecule has 1 N–H and O–H groups in total. The molecule has 0 aliphatic heterocycles. The second-order valence-corrected chi connectivity index (χ2v) is 7.87. The van der Waals surface area contributed by atoms with Gasteiger partial charge in [-0.15, -0.1) is 0 Å². The molecule has 1 heterocycles. The second-order valence-electron chi connectivity index (χ2n) is 5.95. The van der Waals surface area contributed by atoms with Gasteiger partial charge in [-0.1, -0.05) is 59.6 Å². The van der Waals surface area contributed by atoms with Gasteiger partial charge in [-0.25, -0.2) is 0 Å². The van der Waals surface area contributed by atoms with Gasteiger partial charge in [-0.05, 0) is 41.5 Å². The standard InChI is InChI=1S/C22H19Cl2NO2S/c23-20-9-4-10-21(24)19(20)15-28-13-11-25-22(26)18(14-17-8-5-12-27-17)16-6-2-1-3-7-16/h1-10,12,14H,11,13,15H2,(H,25,26)/b18-14+. The quantitative estimate of drug-likeness (QED) is 0.342. The summed E-state index contributed by atoms with van der Waals surface area (Å²) in [5, 5.41) is 4.30. The van der Waals surface area contributed by atoms with Crippen LogP contribution in [0.4, 0.5) is 0 Å². The smallest absolute Gasteiger partial charge is 0.252 e. The molecular formula is C22H19Cl2NO2S. The van der Waals surface area contributed by atoms with Crippen LogP contribution in [0, 0.1) is 0 Å². The fraction of sp³-hybridized carbons (Fsp3) is 0.136. The van der Waals surface area contributed by atoms with E-state index in [1.807, 2.05) is 54.6 Å². The number of benzene rings is 2.